The van der Waals surface area contributed by atoms with Crippen molar-refractivity contribution < 1.29 is 18.4 Å². The topological polar surface area (TPSA) is 59.2 Å². The Labute approximate surface area is 91.7 Å². The van der Waals surface area contributed by atoms with E-state index in [1.165, 1.54) is 6.92 Å². The molecule has 0 radical (unpaired) electrons. The van der Waals surface area contributed by atoms with E-state index in [9.17, 15) is 13.9 Å². The van der Waals surface area contributed by atoms with Crippen LogP contribution in [0.15, 0.2) is 4.52 Å². The van der Waals surface area contributed by atoms with Gasteiger partial charge in [0.15, 0.2) is 5.82 Å². The zero-order valence-corrected chi connectivity index (χ0v) is 8.99. The molecule has 0 saturated heterocycles. The summed E-state index contributed by atoms with van der Waals surface area (Å²) in [7, 11) is 0. The van der Waals surface area contributed by atoms with Crippen LogP contribution in [0.2, 0.25) is 0 Å². The number of hydrogen-bond donors (Lipinski definition) is 1. The molecule has 1 fully saturated rings. The van der Waals surface area contributed by atoms with Gasteiger partial charge >= 0.3 is 0 Å². The van der Waals surface area contributed by atoms with E-state index in [4.69, 9.17) is 4.52 Å². The number of nitrogens with zero attached hydrogens (tertiary/aromatic N) is 2. The summed E-state index contributed by atoms with van der Waals surface area (Å²) in [6.45, 7) is 1.53. The van der Waals surface area contributed by atoms with Crippen LogP contribution in [0.25, 0.3) is 0 Å². The summed E-state index contributed by atoms with van der Waals surface area (Å²) in [5.41, 5.74) is 0. The van der Waals surface area contributed by atoms with Gasteiger partial charge in [0, 0.05) is 18.8 Å². The van der Waals surface area contributed by atoms with E-state index in [0.717, 1.165) is 0 Å². The molecule has 0 bridgehead atoms. The van der Waals surface area contributed by atoms with Gasteiger partial charge in [-0.15, -0.1) is 0 Å². The van der Waals surface area contributed by atoms with E-state index in [0.29, 0.717) is 18.7 Å². The number of aliphatic hydroxyl groups excluding tert-OH is 1. The predicted molar refractivity (Wildman–Crippen MR) is 51.1 cm³/mol. The average Bonchev–Trinajstić information content (AvgIpc) is 2.66. The number of rotatable bonds is 2. The maximum atomic E-state index is 12.9. The van der Waals surface area contributed by atoms with Crippen LogP contribution in [0.3, 0.4) is 0 Å². The van der Waals surface area contributed by atoms with Crippen LogP contribution >= 0.6 is 0 Å². The van der Waals surface area contributed by atoms with Gasteiger partial charge in [0.25, 0.3) is 0 Å². The minimum absolute atomic E-state index is 0.0976. The maximum Gasteiger partial charge on any atom is 0.248 e. The summed E-state index contributed by atoms with van der Waals surface area (Å²) in [6.07, 6.45) is -0.348. The molecule has 90 valence electrons. The molecule has 6 heteroatoms. The summed E-state index contributed by atoms with van der Waals surface area (Å²) in [5, 5.41) is 12.8. The highest BCUT2D eigenvalue weighted by molar-refractivity contribution is 4.98. The van der Waals surface area contributed by atoms with Crippen molar-refractivity contribution in [3.8, 4) is 0 Å². The number of aromatic nitrogens is 2. The molecule has 0 spiro atoms. The van der Waals surface area contributed by atoms with Crippen molar-refractivity contribution in [3.05, 3.63) is 11.7 Å². The molecule has 4 nitrogen and oxygen atoms in total. The highest BCUT2D eigenvalue weighted by atomic mass is 19.3. The lowest BCUT2D eigenvalue weighted by Gasteiger charge is -2.25. The summed E-state index contributed by atoms with van der Waals surface area (Å²) in [4.78, 5) is 4.01. The largest absolute Gasteiger partial charge is 0.385 e. The third kappa shape index (κ3) is 2.37. The normalized spacial score (nSPS) is 23.2. The third-order valence-corrected chi connectivity index (χ3v) is 2.90. The van der Waals surface area contributed by atoms with Gasteiger partial charge in [-0.3, -0.25) is 0 Å². The van der Waals surface area contributed by atoms with E-state index in [2.05, 4.69) is 10.1 Å². The lowest BCUT2D eigenvalue weighted by molar-refractivity contribution is -0.0402. The Morgan fingerprint density at radius 2 is 2.06 bits per heavy atom. The number of aliphatic hydroxyl groups is 1. The maximum absolute atomic E-state index is 12.9. The van der Waals surface area contributed by atoms with Crippen molar-refractivity contribution in [1.82, 2.24) is 10.1 Å². The molecule has 1 aromatic rings. The Kier molecular flexibility index (Phi) is 2.92. The molecular formula is C10H14F2N2O2. The van der Waals surface area contributed by atoms with Crippen molar-refractivity contribution in [3.63, 3.8) is 0 Å². The molecule has 1 heterocycles. The molecule has 0 aromatic carbocycles. The number of halogens is 2. The molecule has 1 aromatic heterocycles. The van der Waals surface area contributed by atoms with Gasteiger partial charge < -0.3 is 9.63 Å². The third-order valence-electron chi connectivity index (χ3n) is 2.90. The Morgan fingerprint density at radius 1 is 1.44 bits per heavy atom. The van der Waals surface area contributed by atoms with E-state index in [1.54, 1.807) is 0 Å². The van der Waals surface area contributed by atoms with Crippen molar-refractivity contribution in [2.75, 3.05) is 0 Å². The van der Waals surface area contributed by atoms with Gasteiger partial charge in [0.2, 0.25) is 11.8 Å². The summed E-state index contributed by atoms with van der Waals surface area (Å²) >= 11 is 0. The number of hydrogen-bond acceptors (Lipinski definition) is 4. The van der Waals surface area contributed by atoms with Gasteiger partial charge in [0.05, 0.1) is 0 Å². The first-order valence-corrected chi connectivity index (χ1v) is 5.37. The van der Waals surface area contributed by atoms with Crippen LogP contribution in [0.4, 0.5) is 8.78 Å². The summed E-state index contributed by atoms with van der Waals surface area (Å²) in [6, 6.07) is 0. The molecule has 1 unspecified atom stereocenters. The summed E-state index contributed by atoms with van der Waals surface area (Å²) < 4.78 is 30.8. The lowest BCUT2D eigenvalue weighted by Crippen LogP contribution is -2.23. The molecule has 1 atom stereocenters. The molecule has 1 saturated carbocycles. The Bertz CT molecular complexity index is 355. The Hall–Kier alpha value is -1.04. The minimum atomic E-state index is -2.55. The second-order valence-corrected chi connectivity index (χ2v) is 4.30. The average molecular weight is 232 g/mol. The molecule has 2 rings (SSSR count). The first kappa shape index (κ1) is 11.4. The highest BCUT2D eigenvalue weighted by Gasteiger charge is 2.37. The van der Waals surface area contributed by atoms with Gasteiger partial charge in [-0.1, -0.05) is 5.16 Å². The Balaban J connectivity index is 2.03. The van der Waals surface area contributed by atoms with Crippen LogP contribution in [0.5, 0.6) is 0 Å². The van der Waals surface area contributed by atoms with Crippen LogP contribution in [0, 0.1) is 0 Å². The molecule has 0 amide bonds. The van der Waals surface area contributed by atoms with E-state index in [-0.39, 0.29) is 24.6 Å². The van der Waals surface area contributed by atoms with Crippen molar-refractivity contribution in [2.45, 2.75) is 50.6 Å². The van der Waals surface area contributed by atoms with Gasteiger partial charge in [-0.2, -0.15) is 4.98 Å². The zero-order valence-electron chi connectivity index (χ0n) is 8.99. The zero-order chi connectivity index (χ0) is 11.8. The second kappa shape index (κ2) is 4.08. The summed E-state index contributed by atoms with van der Waals surface area (Å²) in [5.74, 6) is -2.07. The van der Waals surface area contributed by atoms with Gasteiger partial charge in [0.1, 0.15) is 6.10 Å². The molecule has 1 aliphatic carbocycles. The predicted octanol–water partition coefficient (Wildman–Crippen LogP) is 2.42. The Morgan fingerprint density at radius 3 is 2.56 bits per heavy atom. The fraction of sp³-hybridized carbons (Fsp3) is 0.800. The lowest BCUT2D eigenvalue weighted by atomic mass is 9.87. The van der Waals surface area contributed by atoms with Crippen LogP contribution < -0.4 is 0 Å². The fourth-order valence-corrected chi connectivity index (χ4v) is 1.87. The monoisotopic (exact) mass is 232 g/mol. The van der Waals surface area contributed by atoms with E-state index >= 15 is 0 Å². The van der Waals surface area contributed by atoms with Crippen molar-refractivity contribution in [1.29, 1.82) is 0 Å². The molecule has 0 aliphatic heterocycles. The van der Waals surface area contributed by atoms with Crippen molar-refractivity contribution in [2.24, 2.45) is 0 Å². The second-order valence-electron chi connectivity index (χ2n) is 4.30. The van der Waals surface area contributed by atoms with Gasteiger partial charge in [-0.25, -0.2) is 8.78 Å². The molecule has 1 N–H and O–H groups in total. The van der Waals surface area contributed by atoms with Crippen LogP contribution in [-0.4, -0.2) is 21.2 Å². The van der Waals surface area contributed by atoms with E-state index < -0.39 is 12.0 Å². The molecule has 16 heavy (non-hydrogen) atoms. The molecular weight excluding hydrogens is 218 g/mol. The smallest absolute Gasteiger partial charge is 0.248 e. The SMILES string of the molecule is CC(O)c1noc(C2CCC(F)(F)CC2)n1. The van der Waals surface area contributed by atoms with E-state index in [1.807, 2.05) is 0 Å². The number of alkyl halides is 2. The quantitative estimate of drug-likeness (QED) is 0.850. The first-order chi connectivity index (χ1) is 7.48. The van der Waals surface area contributed by atoms with Crippen molar-refractivity contribution >= 4 is 0 Å². The molecule has 1 aliphatic rings. The fourth-order valence-electron chi connectivity index (χ4n) is 1.87. The van der Waals surface area contributed by atoms with Gasteiger partial charge in [-0.05, 0) is 19.8 Å². The van der Waals surface area contributed by atoms with Crippen LogP contribution in [-0.2, 0) is 0 Å². The minimum Gasteiger partial charge on any atom is -0.385 e. The first-order valence-electron chi connectivity index (χ1n) is 5.37. The van der Waals surface area contributed by atoms with Crippen LogP contribution in [0.1, 0.15) is 56.3 Å². The highest BCUT2D eigenvalue weighted by Crippen LogP contribution is 2.40. The standard InChI is InChI=1S/C10H14F2N2O2/c1-6(15)8-13-9(16-14-8)7-2-4-10(11,12)5-3-7/h6-7,15H,2-5H2,1H3.